The average Bonchev–Trinajstić information content (AvgIpc) is 2.69. The fourth-order valence-electron chi connectivity index (χ4n) is 2.31. The van der Waals surface area contributed by atoms with Crippen LogP contribution in [0, 0.1) is 0 Å². The molecule has 9 heteroatoms. The maximum atomic E-state index is 12.8. The monoisotopic (exact) mass is 418 g/mol. The SMILES string of the molecule is CCOC(=O)C(=CNc1ccccc1S(=O)(=O)Nc1ccccc1)C(=O)OCC. The van der Waals surface area contributed by atoms with Gasteiger partial charge in [-0.1, -0.05) is 30.3 Å². The van der Waals surface area contributed by atoms with Gasteiger partial charge in [0.2, 0.25) is 0 Å². The van der Waals surface area contributed by atoms with Crippen LogP contribution in [0.15, 0.2) is 71.3 Å². The minimum Gasteiger partial charge on any atom is -0.462 e. The van der Waals surface area contributed by atoms with Gasteiger partial charge in [0, 0.05) is 11.9 Å². The number of ether oxygens (including phenoxy) is 2. The van der Waals surface area contributed by atoms with Crippen molar-refractivity contribution in [3.63, 3.8) is 0 Å². The van der Waals surface area contributed by atoms with Crippen LogP contribution in [0.3, 0.4) is 0 Å². The maximum absolute atomic E-state index is 12.8. The summed E-state index contributed by atoms with van der Waals surface area (Å²) >= 11 is 0. The first-order valence-electron chi connectivity index (χ1n) is 8.87. The van der Waals surface area contributed by atoms with Gasteiger partial charge in [-0.15, -0.1) is 0 Å². The number of anilines is 2. The van der Waals surface area contributed by atoms with E-state index in [1.165, 1.54) is 12.1 Å². The number of rotatable bonds is 9. The van der Waals surface area contributed by atoms with Gasteiger partial charge in [0.15, 0.2) is 5.57 Å². The third-order valence-electron chi connectivity index (χ3n) is 3.57. The lowest BCUT2D eigenvalue weighted by Gasteiger charge is -2.13. The molecule has 29 heavy (non-hydrogen) atoms. The van der Waals surface area contributed by atoms with Crippen LogP contribution in [0.4, 0.5) is 11.4 Å². The zero-order valence-electron chi connectivity index (χ0n) is 16.0. The number of esters is 2. The highest BCUT2D eigenvalue weighted by atomic mass is 32.2. The number of benzene rings is 2. The minimum absolute atomic E-state index is 0.0628. The van der Waals surface area contributed by atoms with Crippen molar-refractivity contribution < 1.29 is 27.5 Å². The molecule has 0 bridgehead atoms. The molecular formula is C20H22N2O6S. The van der Waals surface area contributed by atoms with E-state index in [0.717, 1.165) is 6.20 Å². The molecule has 0 amide bonds. The van der Waals surface area contributed by atoms with Crippen LogP contribution < -0.4 is 10.0 Å². The Balaban J connectivity index is 2.34. The summed E-state index contributed by atoms with van der Waals surface area (Å²) in [6.07, 6.45) is 1.08. The number of hydrogen-bond acceptors (Lipinski definition) is 7. The molecule has 0 atom stereocenters. The van der Waals surface area contributed by atoms with E-state index in [1.54, 1.807) is 56.3 Å². The summed E-state index contributed by atoms with van der Waals surface area (Å²) in [5.74, 6) is -1.75. The predicted molar refractivity (Wildman–Crippen MR) is 109 cm³/mol. The average molecular weight is 418 g/mol. The van der Waals surface area contributed by atoms with E-state index in [1.807, 2.05) is 0 Å². The second-order valence-electron chi connectivity index (χ2n) is 5.61. The Morgan fingerprint density at radius 2 is 1.45 bits per heavy atom. The lowest BCUT2D eigenvalue weighted by atomic mass is 10.2. The van der Waals surface area contributed by atoms with Crippen LogP contribution in [-0.4, -0.2) is 33.6 Å². The van der Waals surface area contributed by atoms with Crippen LogP contribution in [0.2, 0.25) is 0 Å². The van der Waals surface area contributed by atoms with Crippen LogP contribution in [0.5, 0.6) is 0 Å². The molecule has 2 aromatic rings. The predicted octanol–water partition coefficient (Wildman–Crippen LogP) is 2.91. The molecule has 0 saturated heterocycles. The molecule has 0 saturated carbocycles. The Hall–Kier alpha value is -3.33. The summed E-state index contributed by atoms with van der Waals surface area (Å²) in [6, 6.07) is 14.5. The number of carbonyl (C=O) groups is 2. The molecule has 2 rings (SSSR count). The highest BCUT2D eigenvalue weighted by Gasteiger charge is 2.22. The van der Waals surface area contributed by atoms with Crippen molar-refractivity contribution in [1.29, 1.82) is 0 Å². The van der Waals surface area contributed by atoms with E-state index in [9.17, 15) is 18.0 Å². The summed E-state index contributed by atoms with van der Waals surface area (Å²) in [4.78, 5) is 24.0. The molecule has 0 aromatic heterocycles. The van der Waals surface area contributed by atoms with E-state index in [4.69, 9.17) is 9.47 Å². The van der Waals surface area contributed by atoms with Gasteiger partial charge in [0.05, 0.1) is 18.9 Å². The molecule has 0 fully saturated rings. The fraction of sp³-hybridized carbons (Fsp3) is 0.200. The first-order valence-corrected chi connectivity index (χ1v) is 10.3. The van der Waals surface area contributed by atoms with Crippen molar-refractivity contribution in [2.45, 2.75) is 18.7 Å². The lowest BCUT2D eigenvalue weighted by molar-refractivity contribution is -0.146. The molecule has 0 spiro atoms. The van der Waals surface area contributed by atoms with Crippen LogP contribution in [-0.2, 0) is 29.1 Å². The smallest absolute Gasteiger partial charge is 0.347 e. The normalized spacial score (nSPS) is 10.6. The second kappa shape index (κ2) is 10.3. The van der Waals surface area contributed by atoms with E-state index in [-0.39, 0.29) is 29.4 Å². The van der Waals surface area contributed by atoms with Crippen molar-refractivity contribution in [2.24, 2.45) is 0 Å². The van der Waals surface area contributed by atoms with Crippen LogP contribution in [0.1, 0.15) is 13.8 Å². The van der Waals surface area contributed by atoms with Gasteiger partial charge >= 0.3 is 11.9 Å². The molecule has 2 aromatic carbocycles. The van der Waals surface area contributed by atoms with Gasteiger partial charge in [0.25, 0.3) is 10.0 Å². The van der Waals surface area contributed by atoms with Crippen molar-refractivity contribution in [3.8, 4) is 0 Å². The van der Waals surface area contributed by atoms with Crippen molar-refractivity contribution in [1.82, 2.24) is 0 Å². The number of hydrogen-bond donors (Lipinski definition) is 2. The molecule has 154 valence electrons. The molecule has 0 aliphatic rings. The molecule has 2 N–H and O–H groups in total. The zero-order valence-corrected chi connectivity index (χ0v) is 16.9. The van der Waals surface area contributed by atoms with Crippen molar-refractivity contribution in [3.05, 3.63) is 66.4 Å². The second-order valence-corrected chi connectivity index (χ2v) is 7.26. The zero-order chi connectivity index (χ0) is 21.3. The summed E-state index contributed by atoms with van der Waals surface area (Å²) in [5.41, 5.74) is 0.190. The summed E-state index contributed by atoms with van der Waals surface area (Å²) < 4.78 is 37.8. The molecule has 0 unspecified atom stereocenters. The van der Waals surface area contributed by atoms with E-state index < -0.39 is 22.0 Å². The third-order valence-corrected chi connectivity index (χ3v) is 5.00. The number of para-hydroxylation sites is 2. The molecular weight excluding hydrogens is 396 g/mol. The van der Waals surface area contributed by atoms with Crippen LogP contribution >= 0.6 is 0 Å². The third kappa shape index (κ3) is 6.08. The minimum atomic E-state index is -3.93. The highest BCUT2D eigenvalue weighted by molar-refractivity contribution is 7.92. The highest BCUT2D eigenvalue weighted by Crippen LogP contribution is 2.24. The van der Waals surface area contributed by atoms with E-state index in [2.05, 4.69) is 10.0 Å². The number of nitrogens with one attached hydrogen (secondary N) is 2. The van der Waals surface area contributed by atoms with Gasteiger partial charge in [-0.05, 0) is 38.1 Å². The Bertz CT molecular complexity index is 967. The summed E-state index contributed by atoms with van der Waals surface area (Å²) in [6.45, 7) is 3.35. The Morgan fingerprint density at radius 1 is 0.897 bits per heavy atom. The maximum Gasteiger partial charge on any atom is 0.347 e. The first-order chi connectivity index (χ1) is 13.9. The Kier molecular flexibility index (Phi) is 7.79. The lowest BCUT2D eigenvalue weighted by Crippen LogP contribution is -2.20. The molecule has 0 aliphatic heterocycles. The van der Waals surface area contributed by atoms with Gasteiger partial charge in [-0.25, -0.2) is 18.0 Å². The van der Waals surface area contributed by atoms with Gasteiger partial charge in [-0.3, -0.25) is 4.72 Å². The van der Waals surface area contributed by atoms with Crippen molar-refractivity contribution in [2.75, 3.05) is 23.3 Å². The molecule has 0 radical (unpaired) electrons. The fourth-order valence-corrected chi connectivity index (χ4v) is 3.54. The summed E-state index contributed by atoms with van der Waals surface area (Å²) in [5, 5.41) is 2.70. The standard InChI is InChI=1S/C20H22N2O6S/c1-3-27-19(23)16(20(24)28-4-2)14-21-17-12-8-9-13-18(17)29(25,26)22-15-10-6-5-7-11-15/h5-14,21-22H,3-4H2,1-2H3. The molecule has 8 nitrogen and oxygen atoms in total. The van der Waals surface area contributed by atoms with E-state index >= 15 is 0 Å². The number of carbonyl (C=O) groups excluding carboxylic acids is 2. The molecule has 0 heterocycles. The quantitative estimate of drug-likeness (QED) is 0.279. The topological polar surface area (TPSA) is 111 Å². The number of sulfonamides is 1. The van der Waals surface area contributed by atoms with Gasteiger partial charge in [-0.2, -0.15) is 0 Å². The summed E-state index contributed by atoms with van der Waals surface area (Å²) in [7, 11) is -3.93. The van der Waals surface area contributed by atoms with Gasteiger partial charge < -0.3 is 14.8 Å². The molecule has 0 aliphatic carbocycles. The largest absolute Gasteiger partial charge is 0.462 e. The van der Waals surface area contributed by atoms with Crippen molar-refractivity contribution >= 4 is 33.3 Å². The van der Waals surface area contributed by atoms with Crippen LogP contribution in [0.25, 0.3) is 0 Å². The Labute approximate surface area is 169 Å². The van der Waals surface area contributed by atoms with Gasteiger partial charge in [0.1, 0.15) is 4.90 Å². The Morgan fingerprint density at radius 3 is 2.03 bits per heavy atom. The first kappa shape index (κ1) is 22.0. The van der Waals surface area contributed by atoms with E-state index in [0.29, 0.717) is 5.69 Å².